The van der Waals surface area contributed by atoms with Crippen LogP contribution in [0.4, 0.5) is 0 Å². The van der Waals surface area contributed by atoms with Gasteiger partial charge in [-0.15, -0.1) is 0 Å². The maximum absolute atomic E-state index is 3.72. The van der Waals surface area contributed by atoms with Crippen LogP contribution in [-0.2, 0) is 6.42 Å². The van der Waals surface area contributed by atoms with E-state index >= 15 is 0 Å². The molecule has 0 heterocycles. The van der Waals surface area contributed by atoms with E-state index in [0.29, 0.717) is 6.04 Å². The van der Waals surface area contributed by atoms with Crippen LogP contribution in [0.25, 0.3) is 0 Å². The lowest BCUT2D eigenvalue weighted by Gasteiger charge is -2.19. The molecule has 21 heavy (non-hydrogen) atoms. The number of benzene rings is 1. The molecule has 1 rings (SSSR count). The van der Waals surface area contributed by atoms with Crippen molar-refractivity contribution in [2.75, 3.05) is 6.54 Å². The van der Waals surface area contributed by atoms with E-state index in [-0.39, 0.29) is 0 Å². The minimum atomic E-state index is 0.537. The van der Waals surface area contributed by atoms with E-state index in [1.807, 2.05) is 0 Å². The monoisotopic (exact) mass is 289 g/mol. The van der Waals surface area contributed by atoms with Gasteiger partial charge in [-0.1, -0.05) is 77.6 Å². The fraction of sp³-hybridized carbons (Fsp3) is 0.700. The van der Waals surface area contributed by atoms with E-state index in [4.69, 9.17) is 0 Å². The highest BCUT2D eigenvalue weighted by Crippen LogP contribution is 2.21. The third-order valence-corrected chi connectivity index (χ3v) is 4.01. The van der Waals surface area contributed by atoms with Gasteiger partial charge in [-0.3, -0.25) is 0 Å². The predicted molar refractivity (Wildman–Crippen MR) is 94.8 cm³/mol. The first kappa shape index (κ1) is 18.2. The van der Waals surface area contributed by atoms with Crippen molar-refractivity contribution in [3.8, 4) is 0 Å². The van der Waals surface area contributed by atoms with Gasteiger partial charge in [0.1, 0.15) is 0 Å². The molecule has 120 valence electrons. The van der Waals surface area contributed by atoms with Gasteiger partial charge in [0.25, 0.3) is 0 Å². The molecule has 1 N–H and O–H groups in total. The molecule has 0 aliphatic rings. The second-order valence-corrected chi connectivity index (χ2v) is 6.70. The molecular weight excluding hydrogens is 254 g/mol. The Hall–Kier alpha value is -0.820. The number of unbranched alkanes of at least 4 members (excludes halogenated alkanes) is 3. The molecule has 1 atom stereocenters. The Bertz CT molecular complexity index is 353. The predicted octanol–water partition coefficient (Wildman–Crippen LogP) is 5.90. The van der Waals surface area contributed by atoms with Gasteiger partial charge >= 0.3 is 0 Å². The van der Waals surface area contributed by atoms with Crippen LogP contribution in [0.15, 0.2) is 24.3 Å². The van der Waals surface area contributed by atoms with Crippen LogP contribution in [0.1, 0.15) is 83.4 Å². The summed E-state index contributed by atoms with van der Waals surface area (Å²) in [7, 11) is 0. The Morgan fingerprint density at radius 3 is 2.19 bits per heavy atom. The highest BCUT2D eigenvalue weighted by Gasteiger charge is 2.10. The summed E-state index contributed by atoms with van der Waals surface area (Å²) >= 11 is 0. The van der Waals surface area contributed by atoms with Crippen molar-refractivity contribution in [1.82, 2.24) is 5.32 Å². The Labute approximate surface area is 132 Å². The van der Waals surface area contributed by atoms with Gasteiger partial charge in [0, 0.05) is 6.04 Å². The van der Waals surface area contributed by atoms with Crippen molar-refractivity contribution in [2.24, 2.45) is 5.92 Å². The van der Waals surface area contributed by atoms with Gasteiger partial charge in [-0.05, 0) is 42.9 Å². The molecule has 1 aromatic rings. The number of hydrogen-bond acceptors (Lipinski definition) is 1. The maximum atomic E-state index is 3.72. The van der Waals surface area contributed by atoms with E-state index in [0.717, 1.165) is 12.5 Å². The van der Waals surface area contributed by atoms with E-state index in [1.54, 1.807) is 0 Å². The van der Waals surface area contributed by atoms with Gasteiger partial charge in [0.2, 0.25) is 0 Å². The molecule has 0 aromatic heterocycles. The van der Waals surface area contributed by atoms with Crippen molar-refractivity contribution >= 4 is 0 Å². The molecule has 0 spiro atoms. The number of hydrogen-bond donors (Lipinski definition) is 1. The van der Waals surface area contributed by atoms with Crippen LogP contribution in [-0.4, -0.2) is 6.54 Å². The quantitative estimate of drug-likeness (QED) is 0.500. The third kappa shape index (κ3) is 7.66. The van der Waals surface area contributed by atoms with E-state index in [2.05, 4.69) is 57.3 Å². The molecule has 1 heteroatoms. The first-order chi connectivity index (χ1) is 10.2. The van der Waals surface area contributed by atoms with Crippen molar-refractivity contribution in [2.45, 2.75) is 78.7 Å². The molecule has 0 amide bonds. The van der Waals surface area contributed by atoms with Crippen LogP contribution in [0, 0.1) is 5.92 Å². The van der Waals surface area contributed by atoms with Gasteiger partial charge < -0.3 is 5.32 Å². The molecular formula is C20H35N. The third-order valence-electron chi connectivity index (χ3n) is 4.01. The van der Waals surface area contributed by atoms with Crippen molar-refractivity contribution in [3.63, 3.8) is 0 Å². The first-order valence-corrected chi connectivity index (χ1v) is 8.99. The lowest BCUT2D eigenvalue weighted by Crippen LogP contribution is -2.22. The van der Waals surface area contributed by atoms with Crippen molar-refractivity contribution < 1.29 is 0 Å². The normalized spacial score (nSPS) is 12.8. The summed E-state index contributed by atoms with van der Waals surface area (Å²) in [5, 5.41) is 3.72. The van der Waals surface area contributed by atoms with E-state index < -0.39 is 0 Å². The zero-order valence-electron chi connectivity index (χ0n) is 14.6. The highest BCUT2D eigenvalue weighted by atomic mass is 14.9. The Morgan fingerprint density at radius 1 is 0.905 bits per heavy atom. The fourth-order valence-electron chi connectivity index (χ4n) is 2.84. The molecule has 0 saturated carbocycles. The van der Waals surface area contributed by atoms with Crippen LogP contribution in [0.3, 0.4) is 0 Å². The van der Waals surface area contributed by atoms with Gasteiger partial charge in [-0.2, -0.15) is 0 Å². The molecule has 0 aliphatic heterocycles. The highest BCUT2D eigenvalue weighted by molar-refractivity contribution is 5.25. The molecule has 1 nitrogen and oxygen atoms in total. The summed E-state index contributed by atoms with van der Waals surface area (Å²) < 4.78 is 0. The second kappa shape index (κ2) is 10.8. The summed E-state index contributed by atoms with van der Waals surface area (Å²) in [5.74, 6) is 0.735. The zero-order valence-corrected chi connectivity index (χ0v) is 14.6. The lowest BCUT2D eigenvalue weighted by atomic mass is 9.96. The number of rotatable bonds is 11. The van der Waals surface area contributed by atoms with Crippen LogP contribution in [0.5, 0.6) is 0 Å². The Morgan fingerprint density at radius 2 is 1.62 bits per heavy atom. The smallest absolute Gasteiger partial charge is 0.0320 e. The molecule has 0 saturated heterocycles. The van der Waals surface area contributed by atoms with Crippen LogP contribution in [0.2, 0.25) is 0 Å². The summed E-state index contributed by atoms with van der Waals surface area (Å²) in [4.78, 5) is 0. The fourth-order valence-corrected chi connectivity index (χ4v) is 2.84. The standard InChI is InChI=1S/C20H35N/c1-5-7-8-9-10-20(21-15-6-2)19-13-11-18(12-14-19)16-17(3)4/h11-14,17,20-21H,5-10,15-16H2,1-4H3. The minimum Gasteiger partial charge on any atom is -0.310 e. The molecule has 0 bridgehead atoms. The Kier molecular flexibility index (Phi) is 9.41. The molecule has 0 fully saturated rings. The zero-order chi connectivity index (χ0) is 15.5. The lowest BCUT2D eigenvalue weighted by molar-refractivity contribution is 0.470. The van der Waals surface area contributed by atoms with Crippen LogP contribution >= 0.6 is 0 Å². The molecule has 0 aliphatic carbocycles. The maximum Gasteiger partial charge on any atom is 0.0320 e. The van der Waals surface area contributed by atoms with Crippen molar-refractivity contribution in [3.05, 3.63) is 35.4 Å². The van der Waals surface area contributed by atoms with Crippen molar-refractivity contribution in [1.29, 1.82) is 0 Å². The summed E-state index contributed by atoms with van der Waals surface area (Å²) in [5.41, 5.74) is 2.93. The first-order valence-electron chi connectivity index (χ1n) is 8.99. The second-order valence-electron chi connectivity index (χ2n) is 6.70. The molecule has 0 radical (unpaired) electrons. The molecule has 1 unspecified atom stereocenters. The summed E-state index contributed by atoms with van der Waals surface area (Å²) in [6.45, 7) is 10.2. The van der Waals surface area contributed by atoms with E-state index in [1.165, 1.54) is 56.1 Å². The average Bonchev–Trinajstić information content (AvgIpc) is 2.47. The number of nitrogens with one attached hydrogen (secondary N) is 1. The minimum absolute atomic E-state index is 0.537. The molecule has 1 aromatic carbocycles. The van der Waals surface area contributed by atoms with Gasteiger partial charge in [0.15, 0.2) is 0 Å². The van der Waals surface area contributed by atoms with Gasteiger partial charge in [-0.25, -0.2) is 0 Å². The Balaban J connectivity index is 2.59. The largest absolute Gasteiger partial charge is 0.310 e. The summed E-state index contributed by atoms with van der Waals surface area (Å²) in [6.07, 6.45) is 9.05. The van der Waals surface area contributed by atoms with Crippen LogP contribution < -0.4 is 5.32 Å². The van der Waals surface area contributed by atoms with Gasteiger partial charge in [0.05, 0.1) is 0 Å². The van der Waals surface area contributed by atoms with E-state index in [9.17, 15) is 0 Å². The average molecular weight is 290 g/mol. The topological polar surface area (TPSA) is 12.0 Å². The SMILES string of the molecule is CCCCCCC(NCCC)c1ccc(CC(C)C)cc1. The summed E-state index contributed by atoms with van der Waals surface area (Å²) in [6, 6.07) is 9.86.